The largest absolute Gasteiger partial charge is 0.279 e. The van der Waals surface area contributed by atoms with Gasteiger partial charge in [0.15, 0.2) is 0 Å². The van der Waals surface area contributed by atoms with Gasteiger partial charge in [0, 0.05) is 12.8 Å². The number of nitrogens with zero attached hydrogens (tertiary/aromatic N) is 1. The molecule has 64 valence electrons. The standard InChI is InChI=1S/C4H5NO3.C3H8/c6-3-1-2-4(7)5(3)8;1-3-2/h8H,1-2H2;3H2,1-2H3. The maximum absolute atomic E-state index is 10.2. The van der Waals surface area contributed by atoms with Gasteiger partial charge in [-0.25, -0.2) is 0 Å². The van der Waals surface area contributed by atoms with E-state index in [0.717, 1.165) is 0 Å². The van der Waals surface area contributed by atoms with Crippen LogP contribution in [-0.4, -0.2) is 22.1 Å². The molecule has 1 aliphatic heterocycles. The highest BCUT2D eigenvalue weighted by molar-refractivity contribution is 6.00. The van der Waals surface area contributed by atoms with Gasteiger partial charge < -0.3 is 0 Å². The molecule has 0 aromatic rings. The summed E-state index contributed by atoms with van der Waals surface area (Å²) in [4.78, 5) is 20.5. The number of hydroxylamine groups is 2. The fourth-order valence-electron chi connectivity index (χ4n) is 0.565. The van der Waals surface area contributed by atoms with E-state index in [-0.39, 0.29) is 17.9 Å². The Morgan fingerprint density at radius 1 is 1.27 bits per heavy atom. The second-order valence-corrected chi connectivity index (χ2v) is 2.31. The molecule has 0 aromatic heterocycles. The monoisotopic (exact) mass is 159 g/mol. The van der Waals surface area contributed by atoms with Crippen molar-refractivity contribution in [1.82, 2.24) is 5.06 Å². The molecule has 1 N–H and O–H groups in total. The van der Waals surface area contributed by atoms with Crippen molar-refractivity contribution < 1.29 is 14.8 Å². The molecule has 0 radical (unpaired) electrons. The van der Waals surface area contributed by atoms with Gasteiger partial charge in [0.1, 0.15) is 0 Å². The molecule has 4 nitrogen and oxygen atoms in total. The van der Waals surface area contributed by atoms with E-state index in [1.807, 2.05) is 0 Å². The Morgan fingerprint density at radius 3 is 1.64 bits per heavy atom. The molecular weight excluding hydrogens is 146 g/mol. The van der Waals surface area contributed by atoms with Crippen LogP contribution in [0.25, 0.3) is 0 Å². The summed E-state index contributed by atoms with van der Waals surface area (Å²) in [6.45, 7) is 4.25. The topological polar surface area (TPSA) is 57.6 Å². The number of rotatable bonds is 0. The highest BCUT2D eigenvalue weighted by Crippen LogP contribution is 2.06. The minimum atomic E-state index is -0.505. The van der Waals surface area contributed by atoms with E-state index in [1.54, 1.807) is 0 Å². The second-order valence-electron chi connectivity index (χ2n) is 2.31. The normalized spacial score (nSPS) is 16.5. The van der Waals surface area contributed by atoms with E-state index in [0.29, 0.717) is 0 Å². The zero-order valence-electron chi connectivity index (χ0n) is 6.83. The molecule has 1 heterocycles. The van der Waals surface area contributed by atoms with Crippen LogP contribution >= 0.6 is 0 Å². The number of carbonyl (C=O) groups excluding carboxylic acids is 2. The van der Waals surface area contributed by atoms with E-state index >= 15 is 0 Å². The van der Waals surface area contributed by atoms with E-state index < -0.39 is 11.8 Å². The van der Waals surface area contributed by atoms with E-state index in [9.17, 15) is 9.59 Å². The first-order valence-electron chi connectivity index (χ1n) is 3.68. The number of hydrogen-bond acceptors (Lipinski definition) is 3. The van der Waals surface area contributed by atoms with Gasteiger partial charge in [0.25, 0.3) is 11.8 Å². The van der Waals surface area contributed by atoms with Crippen LogP contribution in [0.1, 0.15) is 33.1 Å². The molecule has 4 heteroatoms. The third-order valence-electron chi connectivity index (χ3n) is 1.03. The van der Waals surface area contributed by atoms with Gasteiger partial charge >= 0.3 is 0 Å². The highest BCUT2D eigenvalue weighted by Gasteiger charge is 2.26. The maximum atomic E-state index is 10.2. The molecule has 1 saturated heterocycles. The summed E-state index contributed by atoms with van der Waals surface area (Å²) < 4.78 is 0. The zero-order valence-corrected chi connectivity index (χ0v) is 6.83. The number of imide groups is 1. The van der Waals surface area contributed by atoms with Gasteiger partial charge in [-0.05, 0) is 0 Å². The fourth-order valence-corrected chi connectivity index (χ4v) is 0.565. The smallest absolute Gasteiger partial charge is 0.253 e. The Morgan fingerprint density at radius 2 is 1.55 bits per heavy atom. The molecule has 2 amide bonds. The average molecular weight is 159 g/mol. The molecule has 0 atom stereocenters. The van der Waals surface area contributed by atoms with Crippen molar-refractivity contribution in [3.8, 4) is 0 Å². The number of hydrogen-bond donors (Lipinski definition) is 1. The van der Waals surface area contributed by atoms with Crippen LogP contribution < -0.4 is 0 Å². The van der Waals surface area contributed by atoms with Gasteiger partial charge in [0.05, 0.1) is 0 Å². The SMILES string of the molecule is CCC.O=C1CCC(=O)N1O. The van der Waals surface area contributed by atoms with Crippen LogP contribution in [0, 0.1) is 0 Å². The Labute approximate surface area is 65.8 Å². The Kier molecular flexibility index (Phi) is 4.45. The lowest BCUT2D eigenvalue weighted by molar-refractivity contribution is -0.171. The van der Waals surface area contributed by atoms with E-state index in [1.165, 1.54) is 6.42 Å². The quantitative estimate of drug-likeness (QED) is 0.422. The van der Waals surface area contributed by atoms with Gasteiger partial charge in [-0.3, -0.25) is 14.8 Å². The van der Waals surface area contributed by atoms with E-state index in [4.69, 9.17) is 5.21 Å². The number of amides is 2. The molecule has 0 saturated carbocycles. The Bertz CT molecular complexity index is 140. The van der Waals surface area contributed by atoms with Crippen LogP contribution in [0.3, 0.4) is 0 Å². The average Bonchev–Trinajstić information content (AvgIpc) is 2.22. The predicted octanol–water partition coefficient (Wildman–Crippen LogP) is 0.941. The highest BCUT2D eigenvalue weighted by atomic mass is 16.5. The predicted molar refractivity (Wildman–Crippen MR) is 38.8 cm³/mol. The van der Waals surface area contributed by atoms with Crippen molar-refractivity contribution in [2.45, 2.75) is 33.1 Å². The van der Waals surface area contributed by atoms with Crippen molar-refractivity contribution in [1.29, 1.82) is 0 Å². The van der Waals surface area contributed by atoms with Crippen molar-refractivity contribution >= 4 is 11.8 Å². The van der Waals surface area contributed by atoms with Crippen LogP contribution in [-0.2, 0) is 9.59 Å². The second kappa shape index (κ2) is 4.85. The summed E-state index contributed by atoms with van der Waals surface area (Å²) in [5.74, 6) is -1.01. The van der Waals surface area contributed by atoms with Crippen molar-refractivity contribution in [3.05, 3.63) is 0 Å². The zero-order chi connectivity index (χ0) is 8.85. The van der Waals surface area contributed by atoms with Crippen LogP contribution in [0.15, 0.2) is 0 Å². The fraction of sp³-hybridized carbons (Fsp3) is 0.714. The molecule has 11 heavy (non-hydrogen) atoms. The lowest BCUT2D eigenvalue weighted by Crippen LogP contribution is -2.24. The molecule has 0 aromatic carbocycles. The van der Waals surface area contributed by atoms with Gasteiger partial charge in [-0.15, -0.1) is 0 Å². The van der Waals surface area contributed by atoms with Gasteiger partial charge in [-0.1, -0.05) is 20.3 Å². The molecule has 0 spiro atoms. The summed E-state index contributed by atoms with van der Waals surface area (Å²) >= 11 is 0. The van der Waals surface area contributed by atoms with Crippen molar-refractivity contribution in [3.63, 3.8) is 0 Å². The maximum Gasteiger partial charge on any atom is 0.253 e. The van der Waals surface area contributed by atoms with Crippen molar-refractivity contribution in [2.75, 3.05) is 0 Å². The molecule has 1 aliphatic rings. The Hall–Kier alpha value is -0.900. The van der Waals surface area contributed by atoms with Crippen LogP contribution in [0.4, 0.5) is 0 Å². The third-order valence-corrected chi connectivity index (χ3v) is 1.03. The lowest BCUT2D eigenvalue weighted by Gasteiger charge is -1.98. The lowest BCUT2D eigenvalue weighted by atomic mass is 10.4. The Balaban J connectivity index is 0.000000292. The first-order chi connectivity index (χ1) is 5.13. The summed E-state index contributed by atoms with van der Waals surface area (Å²) in [6.07, 6.45) is 1.55. The number of carbonyl (C=O) groups is 2. The molecule has 1 rings (SSSR count). The summed E-state index contributed by atoms with van der Waals surface area (Å²) in [5.41, 5.74) is 0. The minimum absolute atomic E-state index is 0.148. The first-order valence-corrected chi connectivity index (χ1v) is 3.68. The van der Waals surface area contributed by atoms with Crippen LogP contribution in [0.2, 0.25) is 0 Å². The molecule has 0 aliphatic carbocycles. The summed E-state index contributed by atoms with van der Waals surface area (Å²) in [5, 5.41) is 8.57. The molecule has 0 bridgehead atoms. The minimum Gasteiger partial charge on any atom is -0.279 e. The first kappa shape index (κ1) is 10.1. The summed E-state index contributed by atoms with van der Waals surface area (Å²) in [6, 6.07) is 0. The van der Waals surface area contributed by atoms with Gasteiger partial charge in [0.2, 0.25) is 0 Å². The molecular formula is C7H13NO3. The third kappa shape index (κ3) is 3.13. The molecule has 0 unspecified atom stereocenters. The van der Waals surface area contributed by atoms with E-state index in [2.05, 4.69) is 13.8 Å². The van der Waals surface area contributed by atoms with Crippen molar-refractivity contribution in [2.24, 2.45) is 0 Å². The van der Waals surface area contributed by atoms with Crippen LogP contribution in [0.5, 0.6) is 0 Å². The molecule has 1 fully saturated rings. The van der Waals surface area contributed by atoms with Gasteiger partial charge in [-0.2, -0.15) is 5.06 Å². The summed E-state index contributed by atoms with van der Waals surface area (Å²) in [7, 11) is 0.